The maximum absolute atomic E-state index is 13.3. The van der Waals surface area contributed by atoms with Crippen molar-refractivity contribution in [2.45, 2.75) is 18.8 Å². The molecule has 1 rings (SSSR count). The molecule has 1 unspecified atom stereocenters. The van der Waals surface area contributed by atoms with Gasteiger partial charge in [0, 0.05) is 0 Å². The minimum atomic E-state index is -5.60. The zero-order chi connectivity index (χ0) is 18.5. The van der Waals surface area contributed by atoms with E-state index < -0.39 is 30.6 Å². The summed E-state index contributed by atoms with van der Waals surface area (Å²) in [5.74, 6) is -0.659. The Bertz CT molecular complexity index is 626. The first-order valence-corrected chi connectivity index (χ1v) is 6.53. The lowest BCUT2D eigenvalue weighted by Gasteiger charge is -2.22. The number of benzene rings is 1. The summed E-state index contributed by atoms with van der Waals surface area (Å²) in [7, 11) is 0. The maximum atomic E-state index is 13.3. The largest absolute Gasteiger partial charge is 0.525 e. The first-order valence-electron chi connectivity index (χ1n) is 5.74. The third kappa shape index (κ3) is 6.62. The Morgan fingerprint density at radius 3 is 2.46 bits per heavy atom. The van der Waals surface area contributed by atoms with E-state index in [1.807, 2.05) is 5.43 Å². The highest BCUT2D eigenvalue weighted by molar-refractivity contribution is 9.10. The summed E-state index contributed by atoms with van der Waals surface area (Å²) in [5, 5.41) is 3.39. The molecule has 0 saturated heterocycles. The fraction of sp³-hybridized carbons (Fsp3) is 0.273. The van der Waals surface area contributed by atoms with Crippen LogP contribution in [0.5, 0.6) is 5.75 Å². The first kappa shape index (κ1) is 20.0. The van der Waals surface area contributed by atoms with Crippen molar-refractivity contribution in [3.63, 3.8) is 0 Å². The maximum Gasteiger partial charge on any atom is 0.525 e. The van der Waals surface area contributed by atoms with Crippen LogP contribution in [0.4, 0.5) is 31.1 Å². The predicted octanol–water partition coefficient (Wildman–Crippen LogP) is 3.25. The second-order valence-electron chi connectivity index (χ2n) is 3.97. The zero-order valence-electron chi connectivity index (χ0n) is 11.3. The van der Waals surface area contributed by atoms with Crippen LogP contribution in [0.25, 0.3) is 0 Å². The summed E-state index contributed by atoms with van der Waals surface area (Å²) in [6.45, 7) is 0. The van der Waals surface area contributed by atoms with Crippen LogP contribution in [0.15, 0.2) is 27.8 Å². The van der Waals surface area contributed by atoms with Gasteiger partial charge in [0.1, 0.15) is 5.75 Å². The van der Waals surface area contributed by atoms with Crippen LogP contribution < -0.4 is 15.9 Å². The van der Waals surface area contributed by atoms with Crippen LogP contribution in [0.1, 0.15) is 5.56 Å². The summed E-state index contributed by atoms with van der Waals surface area (Å²) < 4.78 is 81.1. The number of carbonyl (C=O) groups is 1. The van der Waals surface area contributed by atoms with Crippen molar-refractivity contribution in [1.82, 2.24) is 5.43 Å². The van der Waals surface area contributed by atoms with Crippen LogP contribution >= 0.6 is 15.9 Å². The number of ether oxygens (including phenoxy) is 2. The molecule has 2 amide bonds. The van der Waals surface area contributed by atoms with Gasteiger partial charge in [-0.3, -0.25) is 0 Å². The molecule has 0 saturated carbocycles. The Morgan fingerprint density at radius 2 is 1.96 bits per heavy atom. The molecule has 0 aliphatic heterocycles. The van der Waals surface area contributed by atoms with E-state index in [2.05, 4.69) is 30.5 Å². The van der Waals surface area contributed by atoms with E-state index in [4.69, 9.17) is 5.73 Å². The highest BCUT2D eigenvalue weighted by Gasteiger charge is 2.50. The lowest BCUT2D eigenvalue weighted by atomic mass is 10.2. The number of primary amides is 1. The third-order valence-corrected chi connectivity index (χ3v) is 2.71. The highest BCUT2D eigenvalue weighted by atomic mass is 79.9. The summed E-state index contributed by atoms with van der Waals surface area (Å²) in [5.41, 5.74) is 6.89. The molecular weight excluding hydrogens is 416 g/mol. The minimum Gasteiger partial charge on any atom is -0.427 e. The number of amides is 2. The number of hydrogen-bond donors (Lipinski definition) is 2. The number of alkyl halides is 6. The standard InChI is InChI=1S/C11H8BrF6N3O3/c12-6-3-5(4-20-21-9(19)22)1-2-7(6)23-10(14,15)8(13)24-11(16,17)18/h1-4,8H,(H3,19,21,22). The van der Waals surface area contributed by atoms with Gasteiger partial charge in [-0.05, 0) is 39.7 Å². The molecule has 0 aromatic heterocycles. The Morgan fingerprint density at radius 1 is 1.33 bits per heavy atom. The molecule has 134 valence electrons. The van der Waals surface area contributed by atoms with E-state index in [0.29, 0.717) is 0 Å². The van der Waals surface area contributed by atoms with Gasteiger partial charge in [0.25, 0.3) is 0 Å². The highest BCUT2D eigenvalue weighted by Crippen LogP contribution is 2.35. The van der Waals surface area contributed by atoms with Crippen LogP contribution in [0.2, 0.25) is 0 Å². The van der Waals surface area contributed by atoms with Crippen molar-refractivity contribution in [2.75, 3.05) is 0 Å². The summed E-state index contributed by atoms with van der Waals surface area (Å²) >= 11 is 2.81. The first-order chi connectivity index (χ1) is 10.9. The predicted molar refractivity (Wildman–Crippen MR) is 72.1 cm³/mol. The van der Waals surface area contributed by atoms with Crippen molar-refractivity contribution < 1.29 is 40.6 Å². The summed E-state index contributed by atoms with van der Waals surface area (Å²) in [4.78, 5) is 10.4. The van der Waals surface area contributed by atoms with Crippen LogP contribution in [0.3, 0.4) is 0 Å². The molecule has 1 atom stereocenters. The number of hydrazone groups is 1. The van der Waals surface area contributed by atoms with Gasteiger partial charge in [0.2, 0.25) is 0 Å². The smallest absolute Gasteiger partial charge is 0.427 e. The lowest BCUT2D eigenvalue weighted by Crippen LogP contribution is -2.41. The van der Waals surface area contributed by atoms with Gasteiger partial charge in [0.15, 0.2) is 0 Å². The molecule has 0 spiro atoms. The van der Waals surface area contributed by atoms with Gasteiger partial charge in [-0.25, -0.2) is 19.3 Å². The van der Waals surface area contributed by atoms with Crippen LogP contribution in [-0.2, 0) is 4.74 Å². The van der Waals surface area contributed by atoms with Crippen LogP contribution in [-0.4, -0.2) is 31.1 Å². The van der Waals surface area contributed by atoms with Crippen molar-refractivity contribution in [2.24, 2.45) is 10.8 Å². The number of urea groups is 1. The average Bonchev–Trinajstić information content (AvgIpc) is 2.39. The monoisotopic (exact) mass is 423 g/mol. The third-order valence-electron chi connectivity index (χ3n) is 2.09. The Balaban J connectivity index is 2.84. The van der Waals surface area contributed by atoms with E-state index >= 15 is 0 Å². The molecule has 6 nitrogen and oxygen atoms in total. The number of halogens is 7. The molecule has 1 aromatic carbocycles. The number of carbonyl (C=O) groups excluding carboxylic acids is 1. The molecule has 3 N–H and O–H groups in total. The van der Waals surface area contributed by atoms with E-state index in [0.717, 1.165) is 24.4 Å². The quantitative estimate of drug-likeness (QED) is 0.418. The van der Waals surface area contributed by atoms with E-state index in [9.17, 15) is 31.1 Å². The van der Waals surface area contributed by atoms with Gasteiger partial charge < -0.3 is 10.5 Å². The summed E-state index contributed by atoms with van der Waals surface area (Å²) in [6.07, 6.45) is -13.5. The van der Waals surface area contributed by atoms with E-state index in [1.165, 1.54) is 0 Å². The molecule has 1 aromatic rings. The van der Waals surface area contributed by atoms with Gasteiger partial charge in [0.05, 0.1) is 10.7 Å². The van der Waals surface area contributed by atoms with Crippen molar-refractivity contribution in [3.05, 3.63) is 28.2 Å². The minimum absolute atomic E-state index is 0.149. The van der Waals surface area contributed by atoms with E-state index in [1.54, 1.807) is 0 Å². The topological polar surface area (TPSA) is 85.9 Å². The van der Waals surface area contributed by atoms with Gasteiger partial charge in [-0.2, -0.15) is 13.9 Å². The van der Waals surface area contributed by atoms with E-state index in [-0.39, 0.29) is 10.0 Å². The fourth-order valence-corrected chi connectivity index (χ4v) is 1.71. The molecule has 24 heavy (non-hydrogen) atoms. The number of nitrogens with zero attached hydrogens (tertiary/aromatic N) is 1. The molecule has 0 aliphatic rings. The van der Waals surface area contributed by atoms with Gasteiger partial charge >= 0.3 is 24.9 Å². The van der Waals surface area contributed by atoms with Crippen molar-refractivity contribution in [3.8, 4) is 5.75 Å². The Kier molecular flexibility index (Phi) is 6.42. The number of nitrogens with one attached hydrogen (secondary N) is 1. The molecular formula is C11H8BrF6N3O3. The molecule has 0 heterocycles. The number of nitrogens with two attached hydrogens (primary N) is 1. The lowest BCUT2D eigenvalue weighted by molar-refractivity contribution is -0.411. The second kappa shape index (κ2) is 7.70. The Labute approximate surface area is 138 Å². The molecule has 13 heteroatoms. The van der Waals surface area contributed by atoms with Gasteiger partial charge in [-0.1, -0.05) is 0 Å². The van der Waals surface area contributed by atoms with Gasteiger partial charge in [-0.15, -0.1) is 13.2 Å². The van der Waals surface area contributed by atoms with Crippen molar-refractivity contribution >= 4 is 28.2 Å². The molecule has 0 aliphatic carbocycles. The van der Waals surface area contributed by atoms with Crippen LogP contribution in [0, 0.1) is 0 Å². The molecule has 0 fully saturated rings. The zero-order valence-corrected chi connectivity index (χ0v) is 12.9. The summed E-state index contributed by atoms with van der Waals surface area (Å²) in [6, 6.07) is 2.28. The average molecular weight is 424 g/mol. The van der Waals surface area contributed by atoms with Crippen molar-refractivity contribution in [1.29, 1.82) is 0 Å². The molecule has 0 radical (unpaired) electrons. The SMILES string of the molecule is NC(=O)NN=Cc1ccc(OC(F)(F)C(F)OC(F)(F)F)c(Br)c1. The second-order valence-corrected chi connectivity index (χ2v) is 4.82. The molecule has 0 bridgehead atoms. The Hall–Kier alpha value is -2.02. The number of hydrogen-bond acceptors (Lipinski definition) is 4. The number of rotatable bonds is 6. The fourth-order valence-electron chi connectivity index (χ4n) is 1.23. The normalized spacial score (nSPS) is 13.8.